The van der Waals surface area contributed by atoms with Gasteiger partial charge in [0.25, 0.3) is 0 Å². The lowest BCUT2D eigenvalue weighted by atomic mass is 10.1. The molecule has 6 N–H and O–H groups in total. The van der Waals surface area contributed by atoms with E-state index in [2.05, 4.69) is 5.32 Å². The van der Waals surface area contributed by atoms with Gasteiger partial charge in [-0.25, -0.2) is 4.79 Å². The first-order chi connectivity index (χ1) is 7.36. The van der Waals surface area contributed by atoms with Crippen molar-refractivity contribution < 1.29 is 19.5 Å². The molecule has 2 atom stereocenters. The predicted molar refractivity (Wildman–Crippen MR) is 56.2 cm³/mol. The summed E-state index contributed by atoms with van der Waals surface area (Å²) in [6.45, 7) is 2.10. The highest BCUT2D eigenvalue weighted by Crippen LogP contribution is 2.00. The van der Waals surface area contributed by atoms with Gasteiger partial charge in [0.15, 0.2) is 0 Å². The van der Waals surface area contributed by atoms with Crippen LogP contribution in [0.25, 0.3) is 0 Å². The first-order valence-corrected chi connectivity index (χ1v) is 4.87. The van der Waals surface area contributed by atoms with Gasteiger partial charge in [-0.15, -0.1) is 0 Å². The number of primary amides is 1. The highest BCUT2D eigenvalue weighted by Gasteiger charge is 2.22. The van der Waals surface area contributed by atoms with Gasteiger partial charge in [-0.2, -0.15) is 0 Å². The van der Waals surface area contributed by atoms with Crippen LogP contribution in [0.1, 0.15) is 19.8 Å². The average Bonchev–Trinajstić information content (AvgIpc) is 2.15. The van der Waals surface area contributed by atoms with Crippen molar-refractivity contribution in [3.63, 3.8) is 0 Å². The Kier molecular flexibility index (Phi) is 6.09. The zero-order chi connectivity index (χ0) is 12.7. The number of rotatable bonds is 7. The maximum Gasteiger partial charge on any atom is 0.326 e. The molecule has 7 heteroatoms. The average molecular weight is 231 g/mol. The largest absolute Gasteiger partial charge is 0.480 e. The molecule has 16 heavy (non-hydrogen) atoms. The number of nitrogens with one attached hydrogen (secondary N) is 1. The topological polar surface area (TPSA) is 136 Å². The molecule has 0 fully saturated rings. The predicted octanol–water partition coefficient (Wildman–Crippen LogP) is -1.58. The van der Waals surface area contributed by atoms with Crippen molar-refractivity contribution in [1.82, 2.24) is 5.32 Å². The number of carbonyl (C=O) groups is 3. The summed E-state index contributed by atoms with van der Waals surface area (Å²) in [7, 11) is 0. The summed E-state index contributed by atoms with van der Waals surface area (Å²) in [6.07, 6.45) is -0.295. The highest BCUT2D eigenvalue weighted by molar-refractivity contribution is 5.88. The van der Waals surface area contributed by atoms with Gasteiger partial charge in [0.2, 0.25) is 11.8 Å². The van der Waals surface area contributed by atoms with Gasteiger partial charge in [-0.05, 0) is 12.5 Å². The van der Waals surface area contributed by atoms with Crippen molar-refractivity contribution in [3.8, 4) is 0 Å². The number of carboxylic acids is 1. The molecule has 0 saturated carbocycles. The Balaban J connectivity index is 4.24. The van der Waals surface area contributed by atoms with E-state index in [1.807, 2.05) is 0 Å². The minimum Gasteiger partial charge on any atom is -0.480 e. The molecular formula is C9H17N3O4. The Morgan fingerprint density at radius 1 is 1.31 bits per heavy atom. The number of aliphatic carboxylic acids is 1. The number of carbonyl (C=O) groups excluding carboxylic acids is 2. The minimum atomic E-state index is -1.28. The Labute approximate surface area is 93.2 Å². The minimum absolute atomic E-state index is 0.0389. The Morgan fingerprint density at radius 3 is 2.25 bits per heavy atom. The van der Waals surface area contributed by atoms with Gasteiger partial charge in [0.1, 0.15) is 6.04 Å². The van der Waals surface area contributed by atoms with Crippen molar-refractivity contribution in [2.24, 2.45) is 17.4 Å². The molecule has 7 nitrogen and oxygen atoms in total. The van der Waals surface area contributed by atoms with Gasteiger partial charge < -0.3 is 21.9 Å². The molecule has 0 aliphatic rings. The van der Waals surface area contributed by atoms with Crippen LogP contribution < -0.4 is 16.8 Å². The smallest absolute Gasteiger partial charge is 0.326 e. The first kappa shape index (κ1) is 14.4. The summed E-state index contributed by atoms with van der Waals surface area (Å²) >= 11 is 0. The summed E-state index contributed by atoms with van der Waals surface area (Å²) < 4.78 is 0. The molecule has 0 rings (SSSR count). The number of amides is 2. The summed E-state index contributed by atoms with van der Waals surface area (Å²) in [5, 5.41) is 10.9. The van der Waals surface area contributed by atoms with Gasteiger partial charge in [-0.1, -0.05) is 6.92 Å². The van der Waals surface area contributed by atoms with Gasteiger partial charge in [0, 0.05) is 6.42 Å². The molecule has 0 aromatic carbocycles. The summed E-state index contributed by atoms with van der Waals surface area (Å²) in [6, 6.07) is -1.27. The summed E-state index contributed by atoms with van der Waals surface area (Å²) in [4.78, 5) is 32.6. The molecule has 0 aromatic rings. The van der Waals surface area contributed by atoms with Crippen molar-refractivity contribution in [1.29, 1.82) is 0 Å². The fourth-order valence-corrected chi connectivity index (χ4v) is 1.05. The molecular weight excluding hydrogens is 214 g/mol. The van der Waals surface area contributed by atoms with Crippen LogP contribution in [0, 0.1) is 5.92 Å². The Hall–Kier alpha value is -1.63. The van der Waals surface area contributed by atoms with Crippen LogP contribution in [-0.2, 0) is 14.4 Å². The van der Waals surface area contributed by atoms with Crippen LogP contribution in [0.4, 0.5) is 0 Å². The number of nitrogens with two attached hydrogens (primary N) is 2. The molecule has 0 bridgehead atoms. The van der Waals surface area contributed by atoms with E-state index in [1.54, 1.807) is 6.92 Å². The standard InChI is InChI=1S/C9H17N3O4/c1-5(4-10)2-8(14)12-6(9(15)16)3-7(11)13/h5-6H,2-4,10H2,1H3,(H2,11,13)(H,12,14)(H,15,16)/t5?,6-/m0/s1. The molecule has 0 spiro atoms. The Bertz CT molecular complexity index is 280. The van der Waals surface area contributed by atoms with Gasteiger partial charge >= 0.3 is 5.97 Å². The lowest BCUT2D eigenvalue weighted by Crippen LogP contribution is -2.43. The van der Waals surface area contributed by atoms with Crippen molar-refractivity contribution in [2.45, 2.75) is 25.8 Å². The summed E-state index contributed by atoms with van der Waals surface area (Å²) in [5.41, 5.74) is 10.2. The zero-order valence-corrected chi connectivity index (χ0v) is 9.10. The Morgan fingerprint density at radius 2 is 1.88 bits per heavy atom. The third kappa shape index (κ3) is 5.97. The maximum atomic E-state index is 11.3. The van der Waals surface area contributed by atoms with Crippen LogP contribution in [0.15, 0.2) is 0 Å². The zero-order valence-electron chi connectivity index (χ0n) is 9.10. The first-order valence-electron chi connectivity index (χ1n) is 4.87. The fraction of sp³-hybridized carbons (Fsp3) is 0.667. The molecule has 0 aliphatic heterocycles. The lowest BCUT2D eigenvalue weighted by Gasteiger charge is -2.14. The number of hydrogen-bond donors (Lipinski definition) is 4. The van der Waals surface area contributed by atoms with E-state index in [0.29, 0.717) is 6.54 Å². The normalized spacial score (nSPS) is 13.9. The van der Waals surface area contributed by atoms with E-state index in [9.17, 15) is 14.4 Å². The molecule has 0 saturated heterocycles. The van der Waals surface area contributed by atoms with E-state index in [1.165, 1.54) is 0 Å². The quantitative estimate of drug-likeness (QED) is 0.419. The molecule has 0 aromatic heterocycles. The number of hydrogen-bond acceptors (Lipinski definition) is 4. The second-order valence-corrected chi connectivity index (χ2v) is 3.67. The molecule has 0 heterocycles. The van der Waals surface area contributed by atoms with Crippen LogP contribution in [0.5, 0.6) is 0 Å². The van der Waals surface area contributed by atoms with Gasteiger partial charge in [0.05, 0.1) is 6.42 Å². The molecule has 1 unspecified atom stereocenters. The second kappa shape index (κ2) is 6.78. The van der Waals surface area contributed by atoms with E-state index in [0.717, 1.165) is 0 Å². The molecule has 2 amide bonds. The van der Waals surface area contributed by atoms with E-state index in [-0.39, 0.29) is 12.3 Å². The van der Waals surface area contributed by atoms with Crippen LogP contribution >= 0.6 is 0 Å². The number of carboxylic acid groups (broad SMARTS) is 1. The van der Waals surface area contributed by atoms with Crippen molar-refractivity contribution in [3.05, 3.63) is 0 Å². The summed E-state index contributed by atoms with van der Waals surface area (Å²) in [5.74, 6) is -2.55. The van der Waals surface area contributed by atoms with E-state index in [4.69, 9.17) is 16.6 Å². The monoisotopic (exact) mass is 231 g/mol. The van der Waals surface area contributed by atoms with Crippen LogP contribution in [0.3, 0.4) is 0 Å². The second-order valence-electron chi connectivity index (χ2n) is 3.67. The lowest BCUT2D eigenvalue weighted by molar-refractivity contribution is -0.143. The molecule has 0 aliphatic carbocycles. The molecule has 92 valence electrons. The SMILES string of the molecule is CC(CN)CC(=O)N[C@@H](CC(N)=O)C(=O)O. The van der Waals surface area contributed by atoms with E-state index < -0.39 is 30.2 Å². The van der Waals surface area contributed by atoms with Crippen molar-refractivity contribution in [2.75, 3.05) is 6.54 Å². The third-order valence-electron chi connectivity index (χ3n) is 1.97. The fourth-order valence-electron chi connectivity index (χ4n) is 1.05. The van der Waals surface area contributed by atoms with Gasteiger partial charge in [-0.3, -0.25) is 9.59 Å². The van der Waals surface area contributed by atoms with Crippen molar-refractivity contribution >= 4 is 17.8 Å². The van der Waals surface area contributed by atoms with E-state index >= 15 is 0 Å². The third-order valence-corrected chi connectivity index (χ3v) is 1.97. The highest BCUT2D eigenvalue weighted by atomic mass is 16.4. The van der Waals surface area contributed by atoms with Crippen LogP contribution in [-0.4, -0.2) is 35.5 Å². The molecule has 0 radical (unpaired) electrons. The van der Waals surface area contributed by atoms with Crippen LogP contribution in [0.2, 0.25) is 0 Å². The maximum absolute atomic E-state index is 11.3.